The molecule has 0 atom stereocenters. The highest BCUT2D eigenvalue weighted by atomic mass is 16.5. The maximum Gasteiger partial charge on any atom is 0.220 e. The molecule has 0 aliphatic rings. The van der Waals surface area contributed by atoms with Crippen molar-refractivity contribution in [1.29, 1.82) is 0 Å². The van der Waals surface area contributed by atoms with Crippen LogP contribution in [0.25, 0.3) is 5.82 Å². The van der Waals surface area contributed by atoms with Crippen LogP contribution in [0.5, 0.6) is 5.88 Å². The van der Waals surface area contributed by atoms with Crippen molar-refractivity contribution in [2.75, 3.05) is 6.61 Å². The Hall–Kier alpha value is -2.64. The second kappa shape index (κ2) is 5.13. The van der Waals surface area contributed by atoms with Gasteiger partial charge in [0.1, 0.15) is 6.33 Å². The van der Waals surface area contributed by atoms with Gasteiger partial charge in [-0.2, -0.15) is 4.98 Å². The average Bonchev–Trinajstić information content (AvgIpc) is 2.88. The summed E-state index contributed by atoms with van der Waals surface area (Å²) in [6.45, 7) is 2.41. The molecular formula is C10H12N6O2. The summed E-state index contributed by atoms with van der Waals surface area (Å²) in [5.41, 5.74) is 5.38. The van der Waals surface area contributed by atoms with Gasteiger partial charge in [-0.05, 0) is 13.0 Å². The fourth-order valence-corrected chi connectivity index (χ4v) is 1.30. The van der Waals surface area contributed by atoms with Crippen molar-refractivity contribution in [2.45, 2.75) is 6.92 Å². The minimum Gasteiger partial charge on any atom is -0.478 e. The van der Waals surface area contributed by atoms with E-state index in [1.54, 1.807) is 18.2 Å². The van der Waals surface area contributed by atoms with Crippen molar-refractivity contribution in [3.05, 3.63) is 30.4 Å². The van der Waals surface area contributed by atoms with Gasteiger partial charge < -0.3 is 15.7 Å². The molecule has 2 heterocycles. The number of oxime groups is 1. The fraction of sp³-hybridized carbons (Fsp3) is 0.200. The predicted octanol–water partition coefficient (Wildman–Crippen LogP) is 0.155. The van der Waals surface area contributed by atoms with Gasteiger partial charge in [-0.1, -0.05) is 11.2 Å². The van der Waals surface area contributed by atoms with Crippen LogP contribution >= 0.6 is 0 Å². The Balaban J connectivity index is 2.31. The monoisotopic (exact) mass is 248 g/mol. The Morgan fingerprint density at radius 2 is 2.39 bits per heavy atom. The highest BCUT2D eigenvalue weighted by Crippen LogP contribution is 2.10. The molecule has 18 heavy (non-hydrogen) atoms. The van der Waals surface area contributed by atoms with E-state index in [-0.39, 0.29) is 11.7 Å². The van der Waals surface area contributed by atoms with E-state index >= 15 is 0 Å². The van der Waals surface area contributed by atoms with Crippen LogP contribution in [0.4, 0.5) is 0 Å². The Labute approximate surface area is 103 Å². The first-order chi connectivity index (χ1) is 8.74. The van der Waals surface area contributed by atoms with Crippen LogP contribution in [0, 0.1) is 0 Å². The molecule has 94 valence electrons. The Kier molecular flexibility index (Phi) is 3.37. The number of pyridine rings is 1. The molecule has 3 N–H and O–H groups in total. The van der Waals surface area contributed by atoms with E-state index in [1.165, 1.54) is 11.0 Å². The van der Waals surface area contributed by atoms with Crippen LogP contribution in [-0.2, 0) is 0 Å². The third kappa shape index (κ3) is 2.37. The maximum atomic E-state index is 8.52. The van der Waals surface area contributed by atoms with E-state index in [0.29, 0.717) is 18.3 Å². The number of rotatable bonds is 4. The van der Waals surface area contributed by atoms with Crippen LogP contribution in [0.3, 0.4) is 0 Å². The number of ether oxygens (including phenoxy) is 1. The maximum absolute atomic E-state index is 8.52. The highest BCUT2D eigenvalue weighted by molar-refractivity contribution is 5.93. The van der Waals surface area contributed by atoms with Crippen LogP contribution in [0.15, 0.2) is 29.7 Å². The van der Waals surface area contributed by atoms with Crippen molar-refractivity contribution in [3.8, 4) is 11.7 Å². The van der Waals surface area contributed by atoms with Crippen molar-refractivity contribution < 1.29 is 9.94 Å². The number of nitrogens with zero attached hydrogens (tertiary/aromatic N) is 5. The summed E-state index contributed by atoms with van der Waals surface area (Å²) in [7, 11) is 0. The van der Waals surface area contributed by atoms with E-state index in [4.69, 9.17) is 15.7 Å². The van der Waals surface area contributed by atoms with Gasteiger partial charge in [0.05, 0.1) is 6.61 Å². The first-order valence-electron chi connectivity index (χ1n) is 5.24. The largest absolute Gasteiger partial charge is 0.478 e. The minimum atomic E-state index is -0.158. The van der Waals surface area contributed by atoms with Crippen molar-refractivity contribution in [3.63, 3.8) is 0 Å². The van der Waals surface area contributed by atoms with Gasteiger partial charge in [0, 0.05) is 6.07 Å². The number of hydrogen-bond donors (Lipinski definition) is 2. The normalized spacial score (nSPS) is 11.5. The molecule has 0 radical (unpaired) electrons. The van der Waals surface area contributed by atoms with Crippen molar-refractivity contribution >= 4 is 5.84 Å². The second-order valence-corrected chi connectivity index (χ2v) is 3.27. The van der Waals surface area contributed by atoms with Gasteiger partial charge in [-0.3, -0.25) is 0 Å². The number of amidine groups is 1. The minimum absolute atomic E-state index is 0.126. The van der Waals surface area contributed by atoms with Crippen molar-refractivity contribution in [1.82, 2.24) is 19.7 Å². The van der Waals surface area contributed by atoms with E-state index in [9.17, 15) is 0 Å². The summed E-state index contributed by atoms with van der Waals surface area (Å²) < 4.78 is 6.69. The predicted molar refractivity (Wildman–Crippen MR) is 62.8 cm³/mol. The summed E-state index contributed by atoms with van der Waals surface area (Å²) in [5, 5.41) is 15.4. The zero-order valence-electron chi connectivity index (χ0n) is 9.69. The van der Waals surface area contributed by atoms with E-state index in [2.05, 4.69) is 20.2 Å². The van der Waals surface area contributed by atoms with Crippen LogP contribution < -0.4 is 10.5 Å². The molecule has 8 nitrogen and oxygen atoms in total. The summed E-state index contributed by atoms with van der Waals surface area (Å²) in [4.78, 5) is 8.12. The van der Waals surface area contributed by atoms with Gasteiger partial charge in [-0.25, -0.2) is 9.67 Å². The van der Waals surface area contributed by atoms with Crippen LogP contribution in [0.1, 0.15) is 12.7 Å². The Morgan fingerprint density at radius 3 is 3.11 bits per heavy atom. The summed E-state index contributed by atoms with van der Waals surface area (Å²) in [6, 6.07) is 5.28. The van der Waals surface area contributed by atoms with Crippen LogP contribution in [-0.4, -0.2) is 37.4 Å². The Morgan fingerprint density at radius 1 is 1.56 bits per heavy atom. The lowest BCUT2D eigenvalue weighted by Gasteiger charge is -2.03. The third-order valence-corrected chi connectivity index (χ3v) is 2.06. The van der Waals surface area contributed by atoms with Crippen molar-refractivity contribution in [2.24, 2.45) is 10.9 Å². The lowest BCUT2D eigenvalue weighted by atomic mass is 10.4. The molecule has 2 aromatic heterocycles. The van der Waals surface area contributed by atoms with Gasteiger partial charge in [0.15, 0.2) is 5.82 Å². The molecule has 2 rings (SSSR count). The Bertz CT molecular complexity index is 565. The first-order valence-corrected chi connectivity index (χ1v) is 5.24. The molecule has 2 aromatic rings. The fourth-order valence-electron chi connectivity index (χ4n) is 1.30. The number of aromatic nitrogens is 4. The lowest BCUT2D eigenvalue weighted by Crippen LogP contribution is -2.15. The smallest absolute Gasteiger partial charge is 0.220 e. The zero-order valence-corrected chi connectivity index (χ0v) is 9.69. The standard InChI is InChI=1S/C10H12N6O2/c1-2-18-8-5-3-4-7(13-8)16-6-12-10(14-16)9(11)15-17/h3-6,17H,2H2,1H3,(H2,11,15). The quantitative estimate of drug-likeness (QED) is 0.345. The van der Waals surface area contributed by atoms with Crippen LogP contribution in [0.2, 0.25) is 0 Å². The van der Waals surface area contributed by atoms with Gasteiger partial charge in [0.25, 0.3) is 0 Å². The third-order valence-electron chi connectivity index (χ3n) is 2.06. The van der Waals surface area contributed by atoms with Gasteiger partial charge in [-0.15, -0.1) is 5.10 Å². The summed E-state index contributed by atoms with van der Waals surface area (Å²) >= 11 is 0. The molecule has 0 amide bonds. The van der Waals surface area contributed by atoms with E-state index < -0.39 is 0 Å². The molecule has 0 saturated heterocycles. The summed E-state index contributed by atoms with van der Waals surface area (Å²) in [5.74, 6) is 0.997. The molecule has 0 unspecified atom stereocenters. The van der Waals surface area contributed by atoms with E-state index in [1.807, 2.05) is 6.92 Å². The molecule has 0 spiro atoms. The number of hydrogen-bond acceptors (Lipinski definition) is 6. The molecular weight excluding hydrogens is 236 g/mol. The SMILES string of the molecule is CCOc1cccc(-n2cnc(C(N)=NO)n2)n1. The van der Waals surface area contributed by atoms with Gasteiger partial charge >= 0.3 is 0 Å². The van der Waals surface area contributed by atoms with Gasteiger partial charge in [0.2, 0.25) is 17.5 Å². The topological polar surface area (TPSA) is 111 Å². The zero-order chi connectivity index (χ0) is 13.0. The summed E-state index contributed by atoms with van der Waals surface area (Å²) in [6.07, 6.45) is 1.42. The molecule has 0 fully saturated rings. The first kappa shape index (κ1) is 11.8. The number of nitrogens with two attached hydrogens (primary N) is 1. The molecule has 0 aliphatic carbocycles. The molecule has 8 heteroatoms. The van der Waals surface area contributed by atoms with E-state index in [0.717, 1.165) is 0 Å². The average molecular weight is 248 g/mol. The molecule has 0 aliphatic heterocycles. The molecule has 0 saturated carbocycles. The lowest BCUT2D eigenvalue weighted by molar-refractivity contribution is 0.318. The molecule has 0 bridgehead atoms. The molecule has 0 aromatic carbocycles. The second-order valence-electron chi connectivity index (χ2n) is 3.27. The highest BCUT2D eigenvalue weighted by Gasteiger charge is 2.08.